The van der Waals surface area contributed by atoms with Gasteiger partial charge in [-0.3, -0.25) is 19.7 Å². The van der Waals surface area contributed by atoms with Gasteiger partial charge in [0.1, 0.15) is 0 Å². The highest BCUT2D eigenvalue weighted by molar-refractivity contribution is 7.14. The zero-order chi connectivity index (χ0) is 21.6. The Balaban J connectivity index is 1.20. The Kier molecular flexibility index (Phi) is 7.01. The molecule has 2 fully saturated rings. The molecule has 3 amide bonds. The van der Waals surface area contributed by atoms with Gasteiger partial charge in [-0.15, -0.1) is 11.3 Å². The summed E-state index contributed by atoms with van der Waals surface area (Å²) in [7, 11) is 0. The van der Waals surface area contributed by atoms with Crippen molar-refractivity contribution in [2.75, 3.05) is 18.4 Å². The van der Waals surface area contributed by atoms with E-state index < -0.39 is 0 Å². The fourth-order valence-electron chi connectivity index (χ4n) is 4.31. The van der Waals surface area contributed by atoms with Crippen LogP contribution in [0.2, 0.25) is 0 Å². The first-order chi connectivity index (χ1) is 15.1. The number of likely N-dealkylation sites (tertiary alicyclic amines) is 1. The second kappa shape index (κ2) is 10.1. The number of piperidine rings is 1. The first kappa shape index (κ1) is 21.5. The molecule has 8 nitrogen and oxygen atoms in total. The molecule has 0 spiro atoms. The van der Waals surface area contributed by atoms with Crippen molar-refractivity contribution in [2.45, 2.75) is 57.4 Å². The van der Waals surface area contributed by atoms with Gasteiger partial charge < -0.3 is 14.6 Å². The molecule has 1 saturated heterocycles. The molecule has 166 valence electrons. The van der Waals surface area contributed by atoms with Gasteiger partial charge in [-0.1, -0.05) is 19.3 Å². The van der Waals surface area contributed by atoms with Crippen molar-refractivity contribution in [1.29, 1.82) is 0 Å². The lowest BCUT2D eigenvalue weighted by Gasteiger charge is -2.35. The molecule has 2 aromatic heterocycles. The smallest absolute Gasteiger partial charge is 0.293 e. The number of hydrogen-bond acceptors (Lipinski definition) is 6. The van der Waals surface area contributed by atoms with Gasteiger partial charge in [-0.25, -0.2) is 4.98 Å². The van der Waals surface area contributed by atoms with E-state index in [9.17, 15) is 14.4 Å². The average molecular weight is 445 g/mol. The normalized spacial score (nSPS) is 18.0. The third kappa shape index (κ3) is 5.72. The minimum absolute atomic E-state index is 0.0830. The molecule has 31 heavy (non-hydrogen) atoms. The largest absolute Gasteiger partial charge is 0.459 e. The maximum absolute atomic E-state index is 12.7. The van der Waals surface area contributed by atoms with Crippen molar-refractivity contribution in [3.8, 4) is 0 Å². The van der Waals surface area contributed by atoms with Crippen LogP contribution in [0.15, 0.2) is 28.2 Å². The minimum Gasteiger partial charge on any atom is -0.459 e. The topological polar surface area (TPSA) is 105 Å². The number of nitrogens with one attached hydrogen (secondary N) is 2. The van der Waals surface area contributed by atoms with E-state index in [0.717, 1.165) is 38.5 Å². The van der Waals surface area contributed by atoms with Gasteiger partial charge in [0, 0.05) is 30.4 Å². The number of anilines is 1. The Morgan fingerprint density at radius 3 is 2.61 bits per heavy atom. The molecule has 9 heteroatoms. The lowest BCUT2D eigenvalue weighted by atomic mass is 9.87. The van der Waals surface area contributed by atoms with Gasteiger partial charge in [-0.05, 0) is 37.8 Å². The van der Waals surface area contributed by atoms with E-state index >= 15 is 0 Å². The summed E-state index contributed by atoms with van der Waals surface area (Å²) >= 11 is 1.27. The molecule has 1 aliphatic carbocycles. The van der Waals surface area contributed by atoms with Crippen LogP contribution in [0.5, 0.6) is 0 Å². The van der Waals surface area contributed by atoms with Crippen molar-refractivity contribution in [3.05, 3.63) is 35.2 Å². The fourth-order valence-corrected chi connectivity index (χ4v) is 5.01. The molecule has 0 atom stereocenters. The van der Waals surface area contributed by atoms with Gasteiger partial charge in [0.15, 0.2) is 10.9 Å². The van der Waals surface area contributed by atoms with E-state index in [2.05, 4.69) is 15.6 Å². The fraction of sp³-hybridized carbons (Fsp3) is 0.545. The Bertz CT molecular complexity index is 897. The number of carbonyl (C=O) groups is 3. The maximum Gasteiger partial charge on any atom is 0.293 e. The van der Waals surface area contributed by atoms with Crippen LogP contribution in [-0.4, -0.2) is 46.7 Å². The Morgan fingerprint density at radius 1 is 1.13 bits per heavy atom. The summed E-state index contributed by atoms with van der Waals surface area (Å²) in [6.07, 6.45) is 8.77. The molecule has 0 unspecified atom stereocenters. The number of rotatable bonds is 6. The number of aromatic nitrogens is 1. The first-order valence-corrected chi connectivity index (χ1v) is 11.8. The van der Waals surface area contributed by atoms with Crippen molar-refractivity contribution in [2.24, 2.45) is 5.92 Å². The molecule has 1 aliphatic heterocycles. The summed E-state index contributed by atoms with van der Waals surface area (Å²) in [6, 6.07) is 3.30. The lowest BCUT2D eigenvalue weighted by molar-refractivity contribution is -0.137. The summed E-state index contributed by atoms with van der Waals surface area (Å²) in [6.45, 7) is 1.42. The second-order valence-electron chi connectivity index (χ2n) is 8.25. The molecule has 2 N–H and O–H groups in total. The molecule has 1 saturated carbocycles. The van der Waals surface area contributed by atoms with Crippen molar-refractivity contribution < 1.29 is 18.8 Å². The first-order valence-electron chi connectivity index (χ1n) is 11.0. The highest BCUT2D eigenvalue weighted by Crippen LogP contribution is 2.26. The Labute approximate surface area is 185 Å². The van der Waals surface area contributed by atoms with Crippen LogP contribution in [0.4, 0.5) is 5.13 Å². The van der Waals surface area contributed by atoms with Crippen molar-refractivity contribution >= 4 is 34.2 Å². The summed E-state index contributed by atoms with van der Waals surface area (Å²) in [5, 5.41) is 7.93. The zero-order valence-electron chi connectivity index (χ0n) is 17.5. The number of hydrogen-bond donors (Lipinski definition) is 2. The summed E-state index contributed by atoms with van der Waals surface area (Å²) in [5.41, 5.74) is 0.613. The average Bonchev–Trinajstić information content (AvgIpc) is 3.47. The van der Waals surface area contributed by atoms with Crippen LogP contribution in [0.25, 0.3) is 0 Å². The van der Waals surface area contributed by atoms with Crippen LogP contribution < -0.4 is 10.6 Å². The summed E-state index contributed by atoms with van der Waals surface area (Å²) in [5.74, 6) is 0.252. The standard InChI is InChI=1S/C22H28N4O4S/c27-19(13-17-14-31-22(24-17)25-20(28)18-7-4-12-30-18)23-16-8-10-26(11-9-16)21(29)15-5-2-1-3-6-15/h4,7,12,14-16H,1-3,5-6,8-11,13H2,(H,23,27)(H,24,25,28). The molecule has 4 rings (SSSR count). The van der Waals surface area contributed by atoms with Crippen LogP contribution in [0, 0.1) is 5.92 Å². The third-order valence-electron chi connectivity index (χ3n) is 5.99. The van der Waals surface area contributed by atoms with Crippen molar-refractivity contribution in [1.82, 2.24) is 15.2 Å². The molecule has 2 aromatic rings. The van der Waals surface area contributed by atoms with Gasteiger partial charge in [-0.2, -0.15) is 0 Å². The molecule has 0 radical (unpaired) electrons. The molecule has 0 aromatic carbocycles. The molecule has 0 bridgehead atoms. The summed E-state index contributed by atoms with van der Waals surface area (Å²) in [4.78, 5) is 43.4. The van der Waals surface area contributed by atoms with Crippen LogP contribution in [-0.2, 0) is 16.0 Å². The molecule has 3 heterocycles. The van der Waals surface area contributed by atoms with Crippen LogP contribution in [0.3, 0.4) is 0 Å². The highest BCUT2D eigenvalue weighted by Gasteiger charge is 2.29. The van der Waals surface area contributed by atoms with E-state index in [1.165, 1.54) is 24.0 Å². The van der Waals surface area contributed by atoms with Crippen molar-refractivity contribution in [3.63, 3.8) is 0 Å². The Hall–Kier alpha value is -2.68. The molecular formula is C22H28N4O4S. The number of thiazole rings is 1. The maximum atomic E-state index is 12.7. The van der Waals surface area contributed by atoms with E-state index in [1.54, 1.807) is 17.5 Å². The summed E-state index contributed by atoms with van der Waals surface area (Å²) < 4.78 is 5.06. The van der Waals surface area contributed by atoms with Gasteiger partial charge in [0.05, 0.1) is 18.4 Å². The predicted molar refractivity (Wildman–Crippen MR) is 117 cm³/mol. The molecule has 2 aliphatic rings. The number of amides is 3. The number of nitrogens with zero attached hydrogens (tertiary/aromatic N) is 2. The second-order valence-corrected chi connectivity index (χ2v) is 9.11. The SMILES string of the molecule is O=C(Cc1csc(NC(=O)c2ccco2)n1)NC1CCN(C(=O)C2CCCCC2)CC1. The zero-order valence-corrected chi connectivity index (χ0v) is 18.3. The number of carbonyl (C=O) groups excluding carboxylic acids is 3. The highest BCUT2D eigenvalue weighted by atomic mass is 32.1. The van der Waals surface area contributed by atoms with E-state index in [1.807, 2.05) is 4.90 Å². The monoisotopic (exact) mass is 444 g/mol. The van der Waals surface area contributed by atoms with Gasteiger partial charge in [0.2, 0.25) is 11.8 Å². The Morgan fingerprint density at radius 2 is 1.90 bits per heavy atom. The van der Waals surface area contributed by atoms with Crippen LogP contribution in [0.1, 0.15) is 61.2 Å². The quantitative estimate of drug-likeness (QED) is 0.712. The van der Waals surface area contributed by atoms with Crippen LogP contribution >= 0.6 is 11.3 Å². The predicted octanol–water partition coefficient (Wildman–Crippen LogP) is 3.22. The number of furan rings is 1. The van der Waals surface area contributed by atoms with E-state index in [0.29, 0.717) is 29.8 Å². The van der Waals surface area contributed by atoms with Gasteiger partial charge >= 0.3 is 0 Å². The van der Waals surface area contributed by atoms with Gasteiger partial charge in [0.25, 0.3) is 5.91 Å². The molecular weight excluding hydrogens is 416 g/mol. The van der Waals surface area contributed by atoms with E-state index in [-0.39, 0.29) is 36.0 Å². The third-order valence-corrected chi connectivity index (χ3v) is 6.79. The van der Waals surface area contributed by atoms with E-state index in [4.69, 9.17) is 4.42 Å². The minimum atomic E-state index is -0.370. The lowest BCUT2D eigenvalue weighted by Crippen LogP contribution is -2.48.